The van der Waals surface area contributed by atoms with E-state index in [4.69, 9.17) is 9.47 Å². The maximum Gasteiger partial charge on any atom is 0.410 e. The summed E-state index contributed by atoms with van der Waals surface area (Å²) < 4.78 is 10.7. The Bertz CT molecular complexity index is 647. The first-order chi connectivity index (χ1) is 11.8. The highest BCUT2D eigenvalue weighted by Crippen LogP contribution is 2.30. The fraction of sp³-hybridized carbons (Fsp3) is 0.706. The van der Waals surface area contributed by atoms with E-state index in [0.717, 1.165) is 23.4 Å². The molecule has 0 bridgehead atoms. The quantitative estimate of drug-likeness (QED) is 0.869. The molecule has 2 aliphatic rings. The van der Waals surface area contributed by atoms with Gasteiger partial charge in [-0.2, -0.15) is 0 Å². The molecule has 2 amide bonds. The number of fused-ring (bicyclic) bond motifs is 1. The van der Waals surface area contributed by atoms with Crippen LogP contribution in [-0.2, 0) is 27.2 Å². The minimum atomic E-state index is -0.506. The standard InChI is InChI=1S/C17H25N3O4S/c1-17(2,3)24-16(22)20-7-4-12-13(10-20)25-15(18-12)19-14(21)11-5-8-23-9-6-11/h11H,4-10H2,1-3H3,(H,18,19,21). The summed E-state index contributed by atoms with van der Waals surface area (Å²) in [6.45, 7) is 7.91. The van der Waals surface area contributed by atoms with Gasteiger partial charge in [-0.05, 0) is 33.6 Å². The van der Waals surface area contributed by atoms with Crippen LogP contribution in [0.5, 0.6) is 0 Å². The first-order valence-corrected chi connectivity index (χ1v) is 9.48. The number of carbonyl (C=O) groups is 2. The maximum absolute atomic E-state index is 12.3. The Balaban J connectivity index is 1.60. The Hall–Kier alpha value is -1.67. The molecule has 1 aromatic rings. The van der Waals surface area contributed by atoms with Gasteiger partial charge in [-0.3, -0.25) is 4.79 Å². The van der Waals surface area contributed by atoms with E-state index >= 15 is 0 Å². The van der Waals surface area contributed by atoms with Gasteiger partial charge in [-0.15, -0.1) is 0 Å². The Kier molecular flexibility index (Phi) is 5.29. The Labute approximate surface area is 151 Å². The number of ether oxygens (including phenoxy) is 2. The highest BCUT2D eigenvalue weighted by atomic mass is 32.1. The average Bonchev–Trinajstić information content (AvgIpc) is 2.95. The average molecular weight is 367 g/mol. The van der Waals surface area contributed by atoms with Gasteiger partial charge in [-0.25, -0.2) is 9.78 Å². The lowest BCUT2D eigenvalue weighted by molar-refractivity contribution is -0.122. The number of aromatic nitrogens is 1. The molecule has 7 nitrogen and oxygen atoms in total. The molecular formula is C17H25N3O4S. The lowest BCUT2D eigenvalue weighted by atomic mass is 10.00. The van der Waals surface area contributed by atoms with Crippen molar-refractivity contribution in [2.75, 3.05) is 25.1 Å². The zero-order valence-electron chi connectivity index (χ0n) is 15.0. The number of rotatable bonds is 2. The molecule has 0 saturated carbocycles. The number of hydrogen-bond acceptors (Lipinski definition) is 6. The Morgan fingerprint density at radius 3 is 2.72 bits per heavy atom. The van der Waals surface area contributed by atoms with Crippen molar-refractivity contribution >= 4 is 28.5 Å². The molecule has 0 aliphatic carbocycles. The first-order valence-electron chi connectivity index (χ1n) is 8.67. The fourth-order valence-corrected chi connectivity index (χ4v) is 3.93. The van der Waals surface area contributed by atoms with Gasteiger partial charge in [-0.1, -0.05) is 11.3 Å². The van der Waals surface area contributed by atoms with E-state index in [1.165, 1.54) is 11.3 Å². The first kappa shape index (κ1) is 18.1. The SMILES string of the molecule is CC(C)(C)OC(=O)N1CCc2nc(NC(=O)C3CCOCC3)sc2C1. The second kappa shape index (κ2) is 7.29. The van der Waals surface area contributed by atoms with Gasteiger partial charge in [0, 0.05) is 37.0 Å². The largest absolute Gasteiger partial charge is 0.444 e. The number of nitrogens with one attached hydrogen (secondary N) is 1. The van der Waals surface area contributed by atoms with E-state index in [1.54, 1.807) is 4.90 Å². The summed E-state index contributed by atoms with van der Waals surface area (Å²) in [5.41, 5.74) is 0.459. The van der Waals surface area contributed by atoms with Crippen molar-refractivity contribution in [3.63, 3.8) is 0 Å². The van der Waals surface area contributed by atoms with E-state index in [0.29, 0.717) is 37.9 Å². The van der Waals surface area contributed by atoms with Crippen molar-refractivity contribution in [2.24, 2.45) is 5.92 Å². The van der Waals surface area contributed by atoms with Crippen molar-refractivity contribution in [2.45, 2.75) is 52.2 Å². The van der Waals surface area contributed by atoms with Crippen LogP contribution in [0.1, 0.15) is 44.2 Å². The lowest BCUT2D eigenvalue weighted by Gasteiger charge is -2.29. The molecule has 0 radical (unpaired) electrons. The number of nitrogens with zero attached hydrogens (tertiary/aromatic N) is 2. The minimum Gasteiger partial charge on any atom is -0.444 e. The van der Waals surface area contributed by atoms with Gasteiger partial charge in [0.05, 0.1) is 12.2 Å². The fourth-order valence-electron chi connectivity index (χ4n) is 2.90. The highest BCUT2D eigenvalue weighted by molar-refractivity contribution is 7.15. The van der Waals surface area contributed by atoms with Crippen LogP contribution in [0.3, 0.4) is 0 Å². The van der Waals surface area contributed by atoms with Gasteiger partial charge in [0.2, 0.25) is 5.91 Å². The van der Waals surface area contributed by atoms with Crippen LogP contribution in [0.4, 0.5) is 9.93 Å². The molecule has 1 fully saturated rings. The predicted molar refractivity (Wildman–Crippen MR) is 94.6 cm³/mol. The molecule has 1 N–H and O–H groups in total. The summed E-state index contributed by atoms with van der Waals surface area (Å²) in [4.78, 5) is 31.8. The smallest absolute Gasteiger partial charge is 0.410 e. The van der Waals surface area contributed by atoms with E-state index in [1.807, 2.05) is 20.8 Å². The molecule has 138 valence electrons. The minimum absolute atomic E-state index is 0.00654. The molecule has 1 aromatic heterocycles. The second-order valence-corrected chi connectivity index (χ2v) is 8.50. The van der Waals surface area contributed by atoms with Crippen LogP contribution in [0, 0.1) is 5.92 Å². The van der Waals surface area contributed by atoms with Gasteiger partial charge in [0.1, 0.15) is 5.60 Å². The molecular weight excluding hydrogens is 342 g/mol. The third kappa shape index (κ3) is 4.70. The van der Waals surface area contributed by atoms with Crippen LogP contribution < -0.4 is 5.32 Å². The number of hydrogen-bond donors (Lipinski definition) is 1. The number of carbonyl (C=O) groups excluding carboxylic acids is 2. The van der Waals surface area contributed by atoms with Crippen LogP contribution in [0.15, 0.2) is 0 Å². The summed E-state index contributed by atoms with van der Waals surface area (Å²) in [5.74, 6) is 0.00587. The third-order valence-electron chi connectivity index (χ3n) is 4.21. The van der Waals surface area contributed by atoms with Gasteiger partial charge in [0.15, 0.2) is 5.13 Å². The Morgan fingerprint density at radius 2 is 2.04 bits per heavy atom. The maximum atomic E-state index is 12.3. The number of amides is 2. The summed E-state index contributed by atoms with van der Waals surface area (Å²) in [6, 6.07) is 0. The normalized spacial score (nSPS) is 18.6. The second-order valence-electron chi connectivity index (χ2n) is 7.42. The molecule has 0 aromatic carbocycles. The van der Waals surface area contributed by atoms with Crippen molar-refractivity contribution in [1.29, 1.82) is 0 Å². The van der Waals surface area contributed by atoms with Crippen molar-refractivity contribution in [3.8, 4) is 0 Å². The van der Waals surface area contributed by atoms with E-state index < -0.39 is 5.60 Å². The molecule has 8 heteroatoms. The van der Waals surface area contributed by atoms with Gasteiger partial charge >= 0.3 is 6.09 Å². The number of thiazole rings is 1. The van der Waals surface area contributed by atoms with Gasteiger partial charge in [0.25, 0.3) is 0 Å². The highest BCUT2D eigenvalue weighted by Gasteiger charge is 2.29. The molecule has 0 spiro atoms. The molecule has 3 heterocycles. The zero-order valence-corrected chi connectivity index (χ0v) is 15.8. The molecule has 3 rings (SSSR count). The van der Waals surface area contributed by atoms with E-state index in [9.17, 15) is 9.59 Å². The molecule has 0 atom stereocenters. The van der Waals surface area contributed by atoms with Crippen LogP contribution in [0.25, 0.3) is 0 Å². The van der Waals surface area contributed by atoms with Gasteiger partial charge < -0.3 is 19.7 Å². The predicted octanol–water partition coefficient (Wildman–Crippen LogP) is 2.80. The van der Waals surface area contributed by atoms with Crippen molar-refractivity contribution in [1.82, 2.24) is 9.88 Å². The van der Waals surface area contributed by atoms with Crippen LogP contribution >= 0.6 is 11.3 Å². The van der Waals surface area contributed by atoms with Crippen molar-refractivity contribution < 1.29 is 19.1 Å². The zero-order chi connectivity index (χ0) is 18.0. The van der Waals surface area contributed by atoms with Crippen LogP contribution in [-0.4, -0.2) is 47.2 Å². The third-order valence-corrected chi connectivity index (χ3v) is 5.20. The molecule has 1 saturated heterocycles. The van der Waals surface area contributed by atoms with Crippen molar-refractivity contribution in [3.05, 3.63) is 10.6 Å². The molecule has 0 unspecified atom stereocenters. The number of anilines is 1. The topological polar surface area (TPSA) is 80.8 Å². The molecule has 25 heavy (non-hydrogen) atoms. The Morgan fingerprint density at radius 1 is 1.32 bits per heavy atom. The lowest BCUT2D eigenvalue weighted by Crippen LogP contribution is -2.39. The summed E-state index contributed by atoms with van der Waals surface area (Å²) >= 11 is 1.44. The summed E-state index contributed by atoms with van der Waals surface area (Å²) in [6.07, 6.45) is 1.88. The van der Waals surface area contributed by atoms with E-state index in [2.05, 4.69) is 10.3 Å². The van der Waals surface area contributed by atoms with Crippen LogP contribution in [0.2, 0.25) is 0 Å². The molecule has 2 aliphatic heterocycles. The summed E-state index contributed by atoms with van der Waals surface area (Å²) in [7, 11) is 0. The van der Waals surface area contributed by atoms with E-state index in [-0.39, 0.29) is 17.9 Å². The monoisotopic (exact) mass is 367 g/mol. The summed E-state index contributed by atoms with van der Waals surface area (Å²) in [5, 5.41) is 3.55.